The van der Waals surface area contributed by atoms with Gasteiger partial charge in [-0.3, -0.25) is 0 Å². The Labute approximate surface area is 175 Å². The average Bonchev–Trinajstić information content (AvgIpc) is 2.74. The van der Waals surface area contributed by atoms with Crippen LogP contribution in [0.2, 0.25) is 0 Å². The van der Waals surface area contributed by atoms with Crippen LogP contribution in [0, 0.1) is 6.07 Å². The van der Waals surface area contributed by atoms with Crippen LogP contribution in [0.25, 0.3) is 12.2 Å². The second kappa shape index (κ2) is 9.73. The number of benzene rings is 2. The Kier molecular flexibility index (Phi) is 6.84. The molecule has 0 bridgehead atoms. The van der Waals surface area contributed by atoms with Crippen LogP contribution >= 0.6 is 15.9 Å². The summed E-state index contributed by atoms with van der Waals surface area (Å²) in [4.78, 5) is 0. The normalized spacial score (nSPS) is 23.0. The Bertz CT molecular complexity index is 805. The largest absolute Gasteiger partial charge is 0.465 e. The van der Waals surface area contributed by atoms with Gasteiger partial charge in [-0.05, 0) is 85.2 Å². The van der Waals surface area contributed by atoms with Crippen molar-refractivity contribution in [2.24, 2.45) is 0 Å². The smallest absolute Gasteiger partial charge is 0.199 e. The monoisotopic (exact) mass is 441 g/mol. The van der Waals surface area contributed by atoms with E-state index in [1.54, 1.807) is 0 Å². The molecule has 0 saturated carbocycles. The SMILES string of the molecule is Brc1cc[c]c(C=Cc2cc(OC3CCCCO3)cc(C3CCCCO3)c2)c1. The van der Waals surface area contributed by atoms with E-state index in [-0.39, 0.29) is 12.4 Å². The van der Waals surface area contributed by atoms with Crippen molar-refractivity contribution in [2.45, 2.75) is 50.9 Å². The summed E-state index contributed by atoms with van der Waals surface area (Å²) in [6.07, 6.45) is 10.8. The van der Waals surface area contributed by atoms with E-state index in [1.807, 2.05) is 12.1 Å². The van der Waals surface area contributed by atoms with E-state index in [1.165, 1.54) is 12.0 Å². The van der Waals surface area contributed by atoms with Crippen LogP contribution in [-0.4, -0.2) is 19.5 Å². The first-order chi connectivity index (χ1) is 13.8. The van der Waals surface area contributed by atoms with E-state index in [2.05, 4.69) is 58.4 Å². The van der Waals surface area contributed by atoms with Gasteiger partial charge in [0.1, 0.15) is 5.75 Å². The van der Waals surface area contributed by atoms with Crippen LogP contribution in [-0.2, 0) is 9.47 Å². The number of hydrogen-bond donors (Lipinski definition) is 0. The highest BCUT2D eigenvalue weighted by atomic mass is 79.9. The maximum absolute atomic E-state index is 6.17. The minimum Gasteiger partial charge on any atom is -0.465 e. The fourth-order valence-corrected chi connectivity index (χ4v) is 4.07. The second-order valence-electron chi connectivity index (χ2n) is 7.40. The Morgan fingerprint density at radius 2 is 1.82 bits per heavy atom. The van der Waals surface area contributed by atoms with E-state index in [0.717, 1.165) is 66.7 Å². The predicted molar refractivity (Wildman–Crippen MR) is 115 cm³/mol. The van der Waals surface area contributed by atoms with Crippen molar-refractivity contribution in [3.8, 4) is 5.75 Å². The molecule has 0 spiro atoms. The first kappa shape index (κ1) is 19.7. The average molecular weight is 442 g/mol. The summed E-state index contributed by atoms with van der Waals surface area (Å²) in [6, 6.07) is 15.6. The van der Waals surface area contributed by atoms with E-state index < -0.39 is 0 Å². The summed E-state index contributed by atoms with van der Waals surface area (Å²) in [5.41, 5.74) is 3.32. The summed E-state index contributed by atoms with van der Waals surface area (Å²) in [5.74, 6) is 0.858. The molecule has 2 heterocycles. The maximum atomic E-state index is 6.17. The fourth-order valence-electron chi connectivity index (χ4n) is 3.69. The van der Waals surface area contributed by atoms with Crippen LogP contribution in [0.3, 0.4) is 0 Å². The van der Waals surface area contributed by atoms with Gasteiger partial charge in [-0.2, -0.15) is 0 Å². The fraction of sp³-hybridized carbons (Fsp3) is 0.417. The molecule has 0 amide bonds. The maximum Gasteiger partial charge on any atom is 0.199 e. The van der Waals surface area contributed by atoms with E-state index in [0.29, 0.717) is 0 Å². The van der Waals surface area contributed by atoms with Gasteiger partial charge in [-0.15, -0.1) is 0 Å². The molecule has 4 rings (SSSR count). The molecule has 3 nitrogen and oxygen atoms in total. The molecule has 2 unspecified atom stereocenters. The van der Waals surface area contributed by atoms with Gasteiger partial charge in [0.2, 0.25) is 0 Å². The molecule has 28 heavy (non-hydrogen) atoms. The molecular weight excluding hydrogens is 416 g/mol. The van der Waals surface area contributed by atoms with Gasteiger partial charge in [-0.1, -0.05) is 34.1 Å². The molecule has 0 N–H and O–H groups in total. The second-order valence-corrected chi connectivity index (χ2v) is 8.32. The molecular formula is C24H26BrO3. The summed E-state index contributed by atoms with van der Waals surface area (Å²) in [7, 11) is 0. The minimum atomic E-state index is -0.147. The van der Waals surface area contributed by atoms with E-state index in [9.17, 15) is 0 Å². The molecule has 2 atom stereocenters. The molecule has 2 saturated heterocycles. The van der Waals surface area contributed by atoms with Crippen molar-refractivity contribution in [1.82, 2.24) is 0 Å². The molecule has 0 aliphatic carbocycles. The Morgan fingerprint density at radius 1 is 0.964 bits per heavy atom. The molecule has 2 aliphatic rings. The molecule has 2 fully saturated rings. The summed E-state index contributed by atoms with van der Waals surface area (Å²) < 4.78 is 19.0. The Balaban J connectivity index is 1.58. The van der Waals surface area contributed by atoms with Crippen molar-refractivity contribution in [2.75, 3.05) is 13.2 Å². The number of ether oxygens (including phenoxy) is 3. The lowest BCUT2D eigenvalue weighted by Gasteiger charge is -2.26. The van der Waals surface area contributed by atoms with Gasteiger partial charge in [0.05, 0.1) is 12.7 Å². The van der Waals surface area contributed by atoms with Crippen molar-refractivity contribution in [1.29, 1.82) is 0 Å². The standard InChI is InChI=1S/C24H26BrO3/c25-21-7-5-6-18(15-21)10-11-19-14-20(23-8-1-3-12-26-23)17-22(16-19)28-24-9-2-4-13-27-24/h5,7,10-11,14-17,23-24H,1-4,8-9,12-13H2. The van der Waals surface area contributed by atoms with Gasteiger partial charge in [0.15, 0.2) is 6.29 Å². The lowest BCUT2D eigenvalue weighted by molar-refractivity contribution is -0.106. The third-order valence-corrected chi connectivity index (χ3v) is 5.64. The predicted octanol–water partition coefficient (Wildman–Crippen LogP) is 6.57. The number of hydrogen-bond acceptors (Lipinski definition) is 3. The van der Waals surface area contributed by atoms with E-state index in [4.69, 9.17) is 14.2 Å². The zero-order valence-corrected chi connectivity index (χ0v) is 17.6. The van der Waals surface area contributed by atoms with Crippen molar-refractivity contribution >= 4 is 28.1 Å². The van der Waals surface area contributed by atoms with Gasteiger partial charge in [0, 0.05) is 17.5 Å². The lowest BCUT2D eigenvalue weighted by atomic mass is 9.98. The van der Waals surface area contributed by atoms with Crippen molar-refractivity contribution < 1.29 is 14.2 Å². The van der Waals surface area contributed by atoms with Crippen molar-refractivity contribution in [3.05, 3.63) is 63.6 Å². The van der Waals surface area contributed by atoms with Gasteiger partial charge >= 0.3 is 0 Å². The topological polar surface area (TPSA) is 27.7 Å². The number of rotatable bonds is 5. The van der Waals surface area contributed by atoms with E-state index >= 15 is 0 Å². The molecule has 2 aromatic rings. The van der Waals surface area contributed by atoms with Crippen LogP contribution in [0.4, 0.5) is 0 Å². The molecule has 147 valence electrons. The molecule has 2 aliphatic heterocycles. The Hall–Kier alpha value is -1.62. The third-order valence-electron chi connectivity index (χ3n) is 5.15. The molecule has 4 heteroatoms. The number of halogens is 1. The summed E-state index contributed by atoms with van der Waals surface area (Å²) in [5, 5.41) is 0. The van der Waals surface area contributed by atoms with Gasteiger partial charge in [-0.25, -0.2) is 0 Å². The highest BCUT2D eigenvalue weighted by Gasteiger charge is 2.19. The molecule has 0 aromatic heterocycles. The van der Waals surface area contributed by atoms with Gasteiger partial charge in [0.25, 0.3) is 0 Å². The van der Waals surface area contributed by atoms with Gasteiger partial charge < -0.3 is 14.2 Å². The molecule has 2 aromatic carbocycles. The Morgan fingerprint density at radius 3 is 2.57 bits per heavy atom. The highest BCUT2D eigenvalue weighted by Crippen LogP contribution is 2.32. The zero-order valence-electron chi connectivity index (χ0n) is 16.0. The minimum absolute atomic E-state index is 0.147. The van der Waals surface area contributed by atoms with Crippen LogP contribution in [0.1, 0.15) is 61.3 Å². The first-order valence-electron chi connectivity index (χ1n) is 10.2. The summed E-state index contributed by atoms with van der Waals surface area (Å²) >= 11 is 3.51. The van der Waals surface area contributed by atoms with Crippen LogP contribution in [0.15, 0.2) is 40.9 Å². The first-order valence-corrected chi connectivity index (χ1v) is 11.0. The van der Waals surface area contributed by atoms with Crippen LogP contribution < -0.4 is 4.74 Å². The quantitative estimate of drug-likeness (QED) is 0.491. The van der Waals surface area contributed by atoms with Crippen molar-refractivity contribution in [3.63, 3.8) is 0 Å². The lowest BCUT2D eigenvalue weighted by Crippen LogP contribution is -2.25. The summed E-state index contributed by atoms with van der Waals surface area (Å²) in [6.45, 7) is 1.61. The zero-order chi connectivity index (χ0) is 19.2. The third kappa shape index (κ3) is 5.47. The highest BCUT2D eigenvalue weighted by molar-refractivity contribution is 9.10. The van der Waals surface area contributed by atoms with Crippen LogP contribution in [0.5, 0.6) is 5.75 Å². The molecule has 1 radical (unpaired) electrons.